The molecular weight excluding hydrogens is 192 g/mol. The molecule has 2 nitrogen and oxygen atoms in total. The molecule has 1 rings (SSSR count). The first-order valence-corrected chi connectivity index (χ1v) is 5.29. The summed E-state index contributed by atoms with van der Waals surface area (Å²) >= 11 is 7.21. The maximum Gasteiger partial charge on any atom is 0.184 e. The molecular formula is C8H13ClN2S. The Kier molecular flexibility index (Phi) is 3.82. The summed E-state index contributed by atoms with van der Waals surface area (Å²) in [7, 11) is 0. The molecule has 0 atom stereocenters. The monoisotopic (exact) mass is 204 g/mol. The lowest BCUT2D eigenvalue weighted by molar-refractivity contribution is 0.607. The summed E-state index contributed by atoms with van der Waals surface area (Å²) in [4.78, 5) is 4.08. The van der Waals surface area contributed by atoms with Crippen molar-refractivity contribution in [2.45, 2.75) is 20.3 Å². The van der Waals surface area contributed by atoms with E-state index in [1.54, 1.807) is 11.3 Å². The van der Waals surface area contributed by atoms with E-state index in [1.807, 2.05) is 5.38 Å². The van der Waals surface area contributed by atoms with E-state index in [9.17, 15) is 0 Å². The Labute approximate surface area is 82.0 Å². The predicted molar refractivity (Wildman–Crippen MR) is 55.1 cm³/mol. The van der Waals surface area contributed by atoms with E-state index in [0.29, 0.717) is 5.15 Å². The number of halogens is 1. The highest BCUT2D eigenvalue weighted by atomic mass is 35.5. The fourth-order valence-electron chi connectivity index (χ4n) is 0.803. The average Bonchev–Trinajstić information content (AvgIpc) is 2.35. The van der Waals surface area contributed by atoms with Gasteiger partial charge in [-0.05, 0) is 12.3 Å². The van der Waals surface area contributed by atoms with E-state index in [2.05, 4.69) is 24.1 Å². The van der Waals surface area contributed by atoms with Crippen molar-refractivity contribution in [2.24, 2.45) is 5.92 Å². The quantitative estimate of drug-likeness (QED) is 0.815. The molecule has 1 aromatic heterocycles. The number of nitrogens with zero attached hydrogens (tertiary/aromatic N) is 1. The Morgan fingerprint density at radius 2 is 2.42 bits per heavy atom. The normalized spacial score (nSPS) is 10.7. The summed E-state index contributed by atoms with van der Waals surface area (Å²) in [5.41, 5.74) is 0. The van der Waals surface area contributed by atoms with Gasteiger partial charge >= 0.3 is 0 Å². The van der Waals surface area contributed by atoms with Crippen LogP contribution in [0.3, 0.4) is 0 Å². The summed E-state index contributed by atoms with van der Waals surface area (Å²) < 4.78 is 0. The molecule has 0 unspecified atom stereocenters. The Hall–Kier alpha value is -0.280. The van der Waals surface area contributed by atoms with Crippen LogP contribution in [-0.4, -0.2) is 11.5 Å². The molecule has 1 heterocycles. The fourth-order valence-corrected chi connectivity index (χ4v) is 1.67. The summed E-state index contributed by atoms with van der Waals surface area (Å²) in [5.74, 6) is 0.730. The minimum absolute atomic E-state index is 0.576. The molecule has 68 valence electrons. The molecule has 0 amide bonds. The van der Waals surface area contributed by atoms with Crippen molar-refractivity contribution in [3.8, 4) is 0 Å². The second-order valence-electron chi connectivity index (χ2n) is 3.08. The Morgan fingerprint density at radius 3 is 2.92 bits per heavy atom. The van der Waals surface area contributed by atoms with Crippen LogP contribution in [0.4, 0.5) is 5.13 Å². The number of anilines is 1. The van der Waals surface area contributed by atoms with E-state index in [0.717, 1.165) is 24.0 Å². The number of rotatable bonds is 4. The van der Waals surface area contributed by atoms with Gasteiger partial charge in [0.15, 0.2) is 5.13 Å². The topological polar surface area (TPSA) is 24.9 Å². The Balaban J connectivity index is 2.24. The third-order valence-electron chi connectivity index (χ3n) is 1.47. The third-order valence-corrected chi connectivity index (χ3v) is 2.60. The molecule has 0 saturated carbocycles. The van der Waals surface area contributed by atoms with Crippen LogP contribution in [0.15, 0.2) is 5.38 Å². The highest BCUT2D eigenvalue weighted by Gasteiger charge is 1.98. The van der Waals surface area contributed by atoms with Crippen molar-refractivity contribution < 1.29 is 0 Å². The van der Waals surface area contributed by atoms with Crippen LogP contribution in [0.1, 0.15) is 20.3 Å². The van der Waals surface area contributed by atoms with Gasteiger partial charge in [0, 0.05) is 11.9 Å². The van der Waals surface area contributed by atoms with E-state index in [-0.39, 0.29) is 0 Å². The van der Waals surface area contributed by atoms with Gasteiger partial charge in [0.05, 0.1) is 0 Å². The Bertz CT molecular complexity index is 235. The average molecular weight is 205 g/mol. The zero-order valence-corrected chi connectivity index (χ0v) is 8.87. The molecule has 0 aliphatic rings. The molecule has 1 N–H and O–H groups in total. The number of hydrogen-bond donors (Lipinski definition) is 1. The van der Waals surface area contributed by atoms with E-state index >= 15 is 0 Å². The van der Waals surface area contributed by atoms with Gasteiger partial charge in [-0.1, -0.05) is 25.4 Å². The van der Waals surface area contributed by atoms with Crippen molar-refractivity contribution in [1.82, 2.24) is 4.98 Å². The van der Waals surface area contributed by atoms with Crippen molar-refractivity contribution in [1.29, 1.82) is 0 Å². The van der Waals surface area contributed by atoms with Gasteiger partial charge in [-0.2, -0.15) is 0 Å². The number of nitrogens with one attached hydrogen (secondary N) is 1. The largest absolute Gasteiger partial charge is 0.361 e. The van der Waals surface area contributed by atoms with Crippen LogP contribution in [-0.2, 0) is 0 Å². The minimum Gasteiger partial charge on any atom is -0.361 e. The van der Waals surface area contributed by atoms with E-state index < -0.39 is 0 Å². The molecule has 0 fully saturated rings. The molecule has 12 heavy (non-hydrogen) atoms. The molecule has 0 saturated heterocycles. The smallest absolute Gasteiger partial charge is 0.184 e. The van der Waals surface area contributed by atoms with Gasteiger partial charge in [0.2, 0.25) is 0 Å². The maximum atomic E-state index is 5.66. The van der Waals surface area contributed by atoms with Crippen LogP contribution >= 0.6 is 22.9 Å². The van der Waals surface area contributed by atoms with Gasteiger partial charge in [-0.25, -0.2) is 4.98 Å². The lowest BCUT2D eigenvalue weighted by atomic mass is 10.1. The maximum absolute atomic E-state index is 5.66. The highest BCUT2D eigenvalue weighted by molar-refractivity contribution is 7.14. The first-order chi connectivity index (χ1) is 5.68. The van der Waals surface area contributed by atoms with Crippen LogP contribution in [0.2, 0.25) is 5.15 Å². The zero-order valence-electron chi connectivity index (χ0n) is 7.30. The first-order valence-electron chi connectivity index (χ1n) is 4.03. The molecule has 0 aliphatic heterocycles. The van der Waals surface area contributed by atoms with Gasteiger partial charge in [-0.15, -0.1) is 11.3 Å². The van der Waals surface area contributed by atoms with Gasteiger partial charge < -0.3 is 5.32 Å². The summed E-state index contributed by atoms with van der Waals surface area (Å²) in [6, 6.07) is 0. The number of hydrogen-bond acceptors (Lipinski definition) is 3. The number of thiazole rings is 1. The van der Waals surface area contributed by atoms with Gasteiger partial charge in [0.1, 0.15) is 5.15 Å². The fraction of sp³-hybridized carbons (Fsp3) is 0.625. The molecule has 0 aliphatic carbocycles. The standard InChI is InChI=1S/C8H13ClN2S/c1-6(2)3-4-10-8-11-7(9)5-12-8/h5-6H,3-4H2,1-2H3,(H,10,11). The first kappa shape index (κ1) is 9.81. The molecule has 0 spiro atoms. The second kappa shape index (κ2) is 4.67. The molecule has 1 aromatic rings. The van der Waals surface area contributed by atoms with E-state index in [4.69, 9.17) is 11.6 Å². The van der Waals surface area contributed by atoms with Crippen molar-refractivity contribution in [2.75, 3.05) is 11.9 Å². The number of aromatic nitrogens is 1. The highest BCUT2D eigenvalue weighted by Crippen LogP contribution is 2.18. The lowest BCUT2D eigenvalue weighted by Gasteiger charge is -2.04. The van der Waals surface area contributed by atoms with Gasteiger partial charge in [-0.3, -0.25) is 0 Å². The molecule has 0 radical (unpaired) electrons. The second-order valence-corrected chi connectivity index (χ2v) is 4.33. The van der Waals surface area contributed by atoms with Gasteiger partial charge in [0.25, 0.3) is 0 Å². The Morgan fingerprint density at radius 1 is 1.67 bits per heavy atom. The molecule has 0 bridgehead atoms. The van der Waals surface area contributed by atoms with Crippen molar-refractivity contribution in [3.05, 3.63) is 10.5 Å². The van der Waals surface area contributed by atoms with Crippen LogP contribution in [0, 0.1) is 5.92 Å². The van der Waals surface area contributed by atoms with Crippen molar-refractivity contribution >= 4 is 28.1 Å². The van der Waals surface area contributed by atoms with Crippen LogP contribution < -0.4 is 5.32 Å². The lowest BCUT2D eigenvalue weighted by Crippen LogP contribution is -2.03. The van der Waals surface area contributed by atoms with Crippen molar-refractivity contribution in [3.63, 3.8) is 0 Å². The molecule has 0 aromatic carbocycles. The van der Waals surface area contributed by atoms with Crippen LogP contribution in [0.5, 0.6) is 0 Å². The third kappa shape index (κ3) is 3.41. The summed E-state index contributed by atoms with van der Waals surface area (Å²) in [5, 5.41) is 6.55. The minimum atomic E-state index is 0.576. The SMILES string of the molecule is CC(C)CCNc1nc(Cl)cs1. The zero-order chi connectivity index (χ0) is 8.97. The summed E-state index contributed by atoms with van der Waals surface area (Å²) in [6.45, 7) is 5.38. The summed E-state index contributed by atoms with van der Waals surface area (Å²) in [6.07, 6.45) is 1.16. The molecule has 4 heteroatoms. The van der Waals surface area contributed by atoms with E-state index in [1.165, 1.54) is 0 Å². The predicted octanol–water partition coefficient (Wildman–Crippen LogP) is 3.25. The van der Waals surface area contributed by atoms with Crippen LogP contribution in [0.25, 0.3) is 0 Å².